The Morgan fingerprint density at radius 2 is 2.53 bits per heavy atom. The third kappa shape index (κ3) is 1.54. The van der Waals surface area contributed by atoms with Gasteiger partial charge < -0.3 is 15.8 Å². The molecule has 4 unspecified atom stereocenters. The van der Waals surface area contributed by atoms with E-state index in [0.717, 1.165) is 18.2 Å². The Kier molecular flexibility index (Phi) is 2.35. The number of nitrogens with two attached hydrogens (primary N) is 1. The molecule has 1 saturated carbocycles. The molecule has 3 N–H and O–H groups in total. The van der Waals surface area contributed by atoms with Crippen LogP contribution in [0.25, 0.3) is 0 Å². The number of rotatable bonds is 2. The van der Waals surface area contributed by atoms with Crippen molar-refractivity contribution in [2.24, 2.45) is 11.7 Å². The fourth-order valence-corrected chi connectivity index (χ4v) is 3.28. The van der Waals surface area contributed by atoms with Crippen LogP contribution < -0.4 is 11.1 Å². The normalized spacial score (nSPS) is 38.5. The molecule has 0 amide bonds. The molecule has 2 heterocycles. The molecule has 0 aromatic carbocycles. The summed E-state index contributed by atoms with van der Waals surface area (Å²) in [5.41, 5.74) is 6.06. The zero-order valence-electron chi connectivity index (χ0n) is 8.02. The van der Waals surface area contributed by atoms with Gasteiger partial charge in [0, 0.05) is 23.9 Å². The lowest BCUT2D eigenvalue weighted by molar-refractivity contribution is 0.00537. The first-order valence-corrected chi connectivity index (χ1v) is 6.26. The van der Waals surface area contributed by atoms with Crippen LogP contribution in [0.4, 0.5) is 5.13 Å². The minimum atomic E-state index is 0.181. The van der Waals surface area contributed by atoms with Crippen LogP contribution in [0.5, 0.6) is 0 Å². The average molecular weight is 246 g/mol. The van der Waals surface area contributed by atoms with E-state index in [1.807, 2.05) is 0 Å². The van der Waals surface area contributed by atoms with Crippen LogP contribution in [0.1, 0.15) is 6.42 Å². The standard InChI is InChI=1S/C9H12ClN3OS/c10-5-3-15-9(12-5)13-7-6(11)4-1-2-14-8(4)7/h3-4,6-8H,1-2,11H2,(H,12,13). The lowest BCUT2D eigenvalue weighted by Gasteiger charge is -2.45. The summed E-state index contributed by atoms with van der Waals surface area (Å²) in [7, 11) is 0. The molecule has 0 bridgehead atoms. The van der Waals surface area contributed by atoms with Gasteiger partial charge in [-0.15, -0.1) is 11.3 Å². The molecule has 1 aliphatic carbocycles. The summed E-state index contributed by atoms with van der Waals surface area (Å²) in [5.74, 6) is 0.526. The Bertz CT molecular complexity index is 372. The highest BCUT2D eigenvalue weighted by Crippen LogP contribution is 2.39. The molecule has 1 aromatic rings. The number of thiazole rings is 1. The van der Waals surface area contributed by atoms with Crippen LogP contribution in [0.15, 0.2) is 5.38 Å². The van der Waals surface area contributed by atoms with E-state index in [0.29, 0.717) is 11.1 Å². The van der Waals surface area contributed by atoms with E-state index in [9.17, 15) is 0 Å². The van der Waals surface area contributed by atoms with Crippen molar-refractivity contribution in [3.05, 3.63) is 10.5 Å². The summed E-state index contributed by atoms with van der Waals surface area (Å²) in [6.45, 7) is 0.833. The van der Waals surface area contributed by atoms with Crippen LogP contribution in [0.3, 0.4) is 0 Å². The molecule has 2 aliphatic rings. The molecule has 1 aromatic heterocycles. The molecule has 15 heavy (non-hydrogen) atoms. The van der Waals surface area contributed by atoms with Crippen LogP contribution in [-0.4, -0.2) is 29.8 Å². The zero-order chi connectivity index (χ0) is 10.4. The number of nitrogens with one attached hydrogen (secondary N) is 1. The van der Waals surface area contributed by atoms with Gasteiger partial charge in [-0.2, -0.15) is 0 Å². The molecule has 82 valence electrons. The number of fused-ring (bicyclic) bond motifs is 1. The third-order valence-corrected chi connectivity index (χ3v) is 4.31. The minimum absolute atomic E-state index is 0.181. The van der Waals surface area contributed by atoms with E-state index in [4.69, 9.17) is 22.1 Å². The van der Waals surface area contributed by atoms with E-state index in [2.05, 4.69) is 10.3 Å². The van der Waals surface area contributed by atoms with Gasteiger partial charge in [0.2, 0.25) is 0 Å². The number of aromatic nitrogens is 1. The molecule has 1 aliphatic heterocycles. The van der Waals surface area contributed by atoms with Gasteiger partial charge in [0.1, 0.15) is 5.15 Å². The molecule has 2 fully saturated rings. The van der Waals surface area contributed by atoms with Gasteiger partial charge in [0.25, 0.3) is 0 Å². The molecule has 1 saturated heterocycles. The predicted molar refractivity (Wildman–Crippen MR) is 60.4 cm³/mol. The second-order valence-corrected chi connectivity index (χ2v) is 5.26. The van der Waals surface area contributed by atoms with Gasteiger partial charge in [-0.05, 0) is 6.42 Å². The molecule has 0 spiro atoms. The number of hydrogen-bond donors (Lipinski definition) is 2. The Morgan fingerprint density at radius 1 is 1.67 bits per heavy atom. The molecule has 6 heteroatoms. The Labute approximate surface area is 96.8 Å². The quantitative estimate of drug-likeness (QED) is 0.825. The largest absolute Gasteiger partial charge is 0.376 e. The van der Waals surface area contributed by atoms with E-state index < -0.39 is 0 Å². The van der Waals surface area contributed by atoms with Crippen molar-refractivity contribution in [2.45, 2.75) is 24.6 Å². The highest BCUT2D eigenvalue weighted by Gasteiger charge is 2.52. The first-order chi connectivity index (χ1) is 7.25. The third-order valence-electron chi connectivity index (χ3n) is 3.21. The lowest BCUT2D eigenvalue weighted by atomic mass is 9.72. The molecule has 4 atom stereocenters. The summed E-state index contributed by atoms with van der Waals surface area (Å²) in [4.78, 5) is 4.14. The second-order valence-electron chi connectivity index (χ2n) is 4.01. The Morgan fingerprint density at radius 3 is 3.27 bits per heavy atom. The predicted octanol–water partition coefficient (Wildman–Crippen LogP) is 1.32. The van der Waals surface area contributed by atoms with Crippen molar-refractivity contribution < 1.29 is 4.74 Å². The highest BCUT2D eigenvalue weighted by atomic mass is 35.5. The first kappa shape index (κ1) is 9.84. The van der Waals surface area contributed by atoms with Crippen LogP contribution in [0.2, 0.25) is 5.15 Å². The highest BCUT2D eigenvalue weighted by molar-refractivity contribution is 7.14. The molecular formula is C9H12ClN3OS. The number of nitrogens with zero attached hydrogens (tertiary/aromatic N) is 1. The average Bonchev–Trinajstić information content (AvgIpc) is 2.80. The molecule has 4 nitrogen and oxygen atoms in total. The zero-order valence-corrected chi connectivity index (χ0v) is 9.59. The maximum Gasteiger partial charge on any atom is 0.184 e. The topological polar surface area (TPSA) is 60.2 Å². The smallest absolute Gasteiger partial charge is 0.184 e. The molecular weight excluding hydrogens is 234 g/mol. The summed E-state index contributed by atoms with van der Waals surface area (Å²) >= 11 is 7.25. The van der Waals surface area contributed by atoms with Crippen molar-refractivity contribution in [1.29, 1.82) is 0 Å². The number of halogens is 1. The van der Waals surface area contributed by atoms with E-state index in [1.165, 1.54) is 11.3 Å². The first-order valence-electron chi connectivity index (χ1n) is 5.00. The van der Waals surface area contributed by atoms with E-state index >= 15 is 0 Å². The number of hydrogen-bond acceptors (Lipinski definition) is 5. The monoisotopic (exact) mass is 245 g/mol. The van der Waals surface area contributed by atoms with E-state index in [1.54, 1.807) is 5.38 Å². The van der Waals surface area contributed by atoms with Gasteiger partial charge in [-0.25, -0.2) is 4.98 Å². The number of anilines is 1. The Balaban J connectivity index is 1.69. The maximum atomic E-state index is 6.06. The van der Waals surface area contributed by atoms with Gasteiger partial charge in [0.05, 0.1) is 12.1 Å². The van der Waals surface area contributed by atoms with Crippen molar-refractivity contribution in [3.8, 4) is 0 Å². The van der Waals surface area contributed by atoms with Crippen molar-refractivity contribution in [1.82, 2.24) is 4.98 Å². The van der Waals surface area contributed by atoms with E-state index in [-0.39, 0.29) is 18.2 Å². The fraction of sp³-hybridized carbons (Fsp3) is 0.667. The van der Waals surface area contributed by atoms with Crippen LogP contribution >= 0.6 is 22.9 Å². The summed E-state index contributed by atoms with van der Waals surface area (Å²) in [5, 5.41) is 6.46. The summed E-state index contributed by atoms with van der Waals surface area (Å²) in [6.07, 6.45) is 1.35. The van der Waals surface area contributed by atoms with Crippen LogP contribution in [0, 0.1) is 5.92 Å². The lowest BCUT2D eigenvalue weighted by Crippen LogP contribution is -2.65. The second kappa shape index (κ2) is 3.59. The van der Waals surface area contributed by atoms with Gasteiger partial charge in [0.15, 0.2) is 5.13 Å². The van der Waals surface area contributed by atoms with Crippen LogP contribution in [-0.2, 0) is 4.74 Å². The summed E-state index contributed by atoms with van der Waals surface area (Å²) < 4.78 is 5.62. The molecule has 3 rings (SSSR count). The van der Waals surface area contributed by atoms with Gasteiger partial charge in [-0.3, -0.25) is 0 Å². The fourth-order valence-electron chi connectivity index (χ4n) is 2.39. The maximum absolute atomic E-state index is 6.06. The van der Waals surface area contributed by atoms with Gasteiger partial charge >= 0.3 is 0 Å². The Hall–Kier alpha value is -0.360. The van der Waals surface area contributed by atoms with Crippen molar-refractivity contribution in [2.75, 3.05) is 11.9 Å². The summed E-state index contributed by atoms with van der Waals surface area (Å²) in [6, 6.07) is 0.375. The van der Waals surface area contributed by atoms with Gasteiger partial charge in [-0.1, -0.05) is 11.6 Å². The SMILES string of the molecule is NC1C2CCOC2C1Nc1nc(Cl)cs1. The molecule has 0 radical (unpaired) electrons. The van der Waals surface area contributed by atoms with Crippen molar-refractivity contribution in [3.63, 3.8) is 0 Å². The minimum Gasteiger partial charge on any atom is -0.376 e. The van der Waals surface area contributed by atoms with Crippen molar-refractivity contribution >= 4 is 28.1 Å². The number of ether oxygens (including phenoxy) is 1.